The second kappa shape index (κ2) is 11.7. The number of hydrogen-bond donors (Lipinski definition) is 1. The molecule has 0 radical (unpaired) electrons. The Balaban J connectivity index is 3.61. The molecule has 0 aromatic heterocycles. The van der Waals surface area contributed by atoms with Crippen LogP contribution in [-0.2, 0) is 22.1 Å². The van der Waals surface area contributed by atoms with Crippen LogP contribution in [0.5, 0.6) is 0 Å². The molecule has 0 saturated heterocycles. The van der Waals surface area contributed by atoms with Gasteiger partial charge < -0.3 is 26.9 Å². The Labute approximate surface area is 131 Å². The van der Waals surface area contributed by atoms with Crippen LogP contribution in [0.4, 0.5) is 0 Å². The summed E-state index contributed by atoms with van der Waals surface area (Å²) >= 11 is 0. The van der Waals surface area contributed by atoms with E-state index >= 15 is 0 Å². The molecular formula is C13H32O6Si2. The van der Waals surface area contributed by atoms with Crippen molar-refractivity contribution in [3.05, 3.63) is 0 Å². The van der Waals surface area contributed by atoms with Crippen molar-refractivity contribution in [1.82, 2.24) is 0 Å². The first-order valence-corrected chi connectivity index (χ1v) is 11.4. The van der Waals surface area contributed by atoms with Crippen LogP contribution in [0.1, 0.15) is 38.5 Å². The summed E-state index contributed by atoms with van der Waals surface area (Å²) in [6, 6.07) is 1.49. The molecule has 0 rings (SSSR count). The fourth-order valence-electron chi connectivity index (χ4n) is 2.24. The van der Waals surface area contributed by atoms with Gasteiger partial charge in [-0.25, -0.2) is 0 Å². The first-order chi connectivity index (χ1) is 10.0. The molecular weight excluding hydrogens is 308 g/mol. The van der Waals surface area contributed by atoms with Crippen LogP contribution in [-0.4, -0.2) is 58.0 Å². The largest absolute Gasteiger partial charge is 0.500 e. The molecule has 0 aliphatic heterocycles. The summed E-state index contributed by atoms with van der Waals surface area (Å²) in [4.78, 5) is 9.90. The highest BCUT2D eigenvalue weighted by molar-refractivity contribution is 6.60. The van der Waals surface area contributed by atoms with Gasteiger partial charge in [0.25, 0.3) is 0 Å². The van der Waals surface area contributed by atoms with Gasteiger partial charge in [0.2, 0.25) is 0 Å². The number of unbranched alkanes of at least 4 members (excludes halogenated alkanes) is 5. The molecule has 0 aromatic rings. The lowest BCUT2D eigenvalue weighted by Gasteiger charge is -2.24. The lowest BCUT2D eigenvalue weighted by atomic mass is 10.1. The van der Waals surface area contributed by atoms with E-state index < -0.39 is 17.6 Å². The third-order valence-corrected chi connectivity index (χ3v) is 8.89. The van der Waals surface area contributed by atoms with Gasteiger partial charge in [-0.3, -0.25) is 0 Å². The third-order valence-electron chi connectivity index (χ3n) is 3.80. The van der Waals surface area contributed by atoms with Gasteiger partial charge >= 0.3 is 17.6 Å². The zero-order chi connectivity index (χ0) is 16.2. The van der Waals surface area contributed by atoms with Gasteiger partial charge in [0.15, 0.2) is 0 Å². The topological polar surface area (TPSA) is 66.4 Å². The second-order valence-electron chi connectivity index (χ2n) is 5.04. The predicted octanol–water partition coefficient (Wildman–Crippen LogP) is 2.43. The molecule has 0 fully saturated rings. The van der Waals surface area contributed by atoms with Crippen LogP contribution in [0.3, 0.4) is 0 Å². The summed E-state index contributed by atoms with van der Waals surface area (Å²) in [5, 5.41) is 0. The van der Waals surface area contributed by atoms with Crippen molar-refractivity contribution in [3.63, 3.8) is 0 Å². The second-order valence-corrected chi connectivity index (χ2v) is 10.9. The van der Waals surface area contributed by atoms with Crippen molar-refractivity contribution < 1.29 is 26.9 Å². The lowest BCUT2D eigenvalue weighted by Crippen LogP contribution is -2.42. The molecule has 0 heterocycles. The summed E-state index contributed by atoms with van der Waals surface area (Å²) in [7, 11) is 2.72. The van der Waals surface area contributed by atoms with E-state index in [0.717, 1.165) is 38.1 Å². The summed E-state index contributed by atoms with van der Waals surface area (Å²) < 4.78 is 26.2. The molecule has 0 aliphatic rings. The Morgan fingerprint density at radius 1 is 0.571 bits per heavy atom. The van der Waals surface area contributed by atoms with E-state index in [0.29, 0.717) is 6.04 Å². The quantitative estimate of drug-likeness (QED) is 0.387. The van der Waals surface area contributed by atoms with Crippen molar-refractivity contribution in [2.45, 2.75) is 50.6 Å². The molecule has 6 nitrogen and oxygen atoms in total. The van der Waals surface area contributed by atoms with Crippen LogP contribution in [0.25, 0.3) is 0 Å². The van der Waals surface area contributed by atoms with Crippen LogP contribution in [0, 0.1) is 0 Å². The van der Waals surface area contributed by atoms with E-state index in [2.05, 4.69) is 0 Å². The fraction of sp³-hybridized carbons (Fsp3) is 1.00. The first kappa shape index (κ1) is 21.2. The normalized spacial score (nSPS) is 12.9. The van der Waals surface area contributed by atoms with Crippen molar-refractivity contribution in [1.29, 1.82) is 0 Å². The maximum absolute atomic E-state index is 9.90. The average Bonchev–Trinajstić information content (AvgIpc) is 2.54. The Hall–Kier alpha value is 0.194. The monoisotopic (exact) mass is 340 g/mol. The van der Waals surface area contributed by atoms with E-state index in [-0.39, 0.29) is 0 Å². The van der Waals surface area contributed by atoms with E-state index in [1.165, 1.54) is 20.6 Å². The molecule has 0 aromatic carbocycles. The van der Waals surface area contributed by atoms with Gasteiger partial charge in [-0.1, -0.05) is 25.7 Å². The minimum atomic E-state index is -2.86. The lowest BCUT2D eigenvalue weighted by molar-refractivity contribution is 0.122. The van der Waals surface area contributed by atoms with Crippen LogP contribution in [0.2, 0.25) is 12.1 Å². The van der Waals surface area contributed by atoms with Crippen LogP contribution >= 0.6 is 0 Å². The number of rotatable bonds is 14. The maximum Gasteiger partial charge on any atom is 0.500 e. The standard InChI is InChI=1S/C13H32O6Si2/c1-15-20(14,16-2)12-10-8-6-7-9-11-13-21(17-3,18-4)19-5/h14H,6-13H2,1-5H3. The third kappa shape index (κ3) is 8.41. The van der Waals surface area contributed by atoms with Gasteiger partial charge in [0, 0.05) is 47.6 Å². The first-order valence-electron chi connectivity index (χ1n) is 7.49. The molecule has 0 amide bonds. The Kier molecular flexibility index (Phi) is 11.8. The van der Waals surface area contributed by atoms with Gasteiger partial charge in [-0.15, -0.1) is 0 Å². The van der Waals surface area contributed by atoms with Gasteiger partial charge in [0.1, 0.15) is 0 Å². The van der Waals surface area contributed by atoms with E-state index in [1.54, 1.807) is 21.3 Å². The summed E-state index contributed by atoms with van der Waals surface area (Å²) in [6.07, 6.45) is 6.54. The highest BCUT2D eigenvalue weighted by Gasteiger charge is 2.36. The molecule has 0 saturated carbocycles. The zero-order valence-electron chi connectivity index (χ0n) is 14.1. The molecule has 0 bridgehead atoms. The SMILES string of the molecule is CO[Si](O)(CCCCCCCC[Si](OC)(OC)OC)OC. The van der Waals surface area contributed by atoms with Crippen molar-refractivity contribution in [3.8, 4) is 0 Å². The molecule has 1 N–H and O–H groups in total. The van der Waals surface area contributed by atoms with E-state index in [4.69, 9.17) is 22.1 Å². The minimum absolute atomic E-state index is 0.632. The molecule has 21 heavy (non-hydrogen) atoms. The van der Waals surface area contributed by atoms with Gasteiger partial charge in [-0.05, 0) is 12.8 Å². The minimum Gasteiger partial charge on any atom is -0.390 e. The zero-order valence-corrected chi connectivity index (χ0v) is 16.1. The van der Waals surface area contributed by atoms with E-state index in [1.807, 2.05) is 0 Å². The Morgan fingerprint density at radius 2 is 0.952 bits per heavy atom. The summed E-state index contributed by atoms with van der Waals surface area (Å²) in [6.45, 7) is 0. The maximum atomic E-state index is 9.90. The predicted molar refractivity (Wildman–Crippen MR) is 86.1 cm³/mol. The van der Waals surface area contributed by atoms with Gasteiger partial charge in [0.05, 0.1) is 0 Å². The van der Waals surface area contributed by atoms with Crippen LogP contribution in [0.15, 0.2) is 0 Å². The smallest absolute Gasteiger partial charge is 0.390 e. The number of hydrogen-bond acceptors (Lipinski definition) is 6. The molecule has 0 atom stereocenters. The van der Waals surface area contributed by atoms with E-state index in [9.17, 15) is 4.80 Å². The highest BCUT2D eigenvalue weighted by Crippen LogP contribution is 2.19. The molecule has 128 valence electrons. The summed E-state index contributed by atoms with van der Waals surface area (Å²) in [5.74, 6) is 0. The molecule has 0 aliphatic carbocycles. The summed E-state index contributed by atoms with van der Waals surface area (Å²) in [5.41, 5.74) is 0. The fourth-order valence-corrected chi connectivity index (χ4v) is 5.31. The molecule has 0 spiro atoms. The average molecular weight is 341 g/mol. The highest BCUT2D eigenvalue weighted by atomic mass is 28.4. The van der Waals surface area contributed by atoms with Gasteiger partial charge in [-0.2, -0.15) is 0 Å². The Bertz CT molecular complexity index is 239. The van der Waals surface area contributed by atoms with Crippen LogP contribution < -0.4 is 0 Å². The van der Waals surface area contributed by atoms with Crippen molar-refractivity contribution in [2.75, 3.05) is 35.5 Å². The van der Waals surface area contributed by atoms with Crippen molar-refractivity contribution in [2.24, 2.45) is 0 Å². The Morgan fingerprint density at radius 3 is 1.33 bits per heavy atom. The molecule has 0 unspecified atom stereocenters. The molecule has 8 heteroatoms. The van der Waals surface area contributed by atoms with Crippen molar-refractivity contribution >= 4 is 17.6 Å².